The zero-order chi connectivity index (χ0) is 8.85. The molecule has 0 saturated heterocycles. The summed E-state index contributed by atoms with van der Waals surface area (Å²) in [5, 5.41) is 6.85. The van der Waals surface area contributed by atoms with E-state index in [4.69, 9.17) is 28.3 Å². The number of rotatable bonds is 5. The van der Waals surface area contributed by atoms with Crippen molar-refractivity contribution in [2.45, 2.75) is 18.2 Å². The Bertz CT molecular complexity index is 158. The third-order valence-corrected chi connectivity index (χ3v) is 1.75. The van der Waals surface area contributed by atoms with Crippen LogP contribution >= 0.6 is 23.2 Å². The molecule has 1 N–H and O–H groups in total. The van der Waals surface area contributed by atoms with Gasteiger partial charge in [-0.15, -0.1) is 23.2 Å². The summed E-state index contributed by atoms with van der Waals surface area (Å²) < 4.78 is 0. The lowest BCUT2D eigenvalue weighted by molar-refractivity contribution is -0.139. The minimum atomic E-state index is -1.42. The molecule has 1 atom stereocenters. The van der Waals surface area contributed by atoms with E-state index in [0.29, 0.717) is 12.3 Å². The molecule has 0 aromatic carbocycles. The molecule has 0 spiro atoms. The predicted octanol–water partition coefficient (Wildman–Crippen LogP) is 1.27. The van der Waals surface area contributed by atoms with Crippen LogP contribution in [0.4, 0.5) is 0 Å². The van der Waals surface area contributed by atoms with Gasteiger partial charge in [0, 0.05) is 12.3 Å². The van der Waals surface area contributed by atoms with Crippen LogP contribution in [-0.2, 0) is 9.59 Å². The summed E-state index contributed by atoms with van der Waals surface area (Å²) in [4.78, 5) is 20.9. The average molecular weight is 199 g/mol. The summed E-state index contributed by atoms with van der Waals surface area (Å²) in [6, 6.07) is 0. The van der Waals surface area contributed by atoms with Gasteiger partial charge in [0.05, 0.1) is 0 Å². The highest BCUT2D eigenvalue weighted by Crippen LogP contribution is 2.04. The fraction of sp³-hybridized carbons (Fsp3) is 0.667. The molecule has 0 aliphatic carbocycles. The second-order valence-corrected chi connectivity index (χ2v) is 2.77. The highest BCUT2D eigenvalue weighted by Gasteiger charge is 2.21. The van der Waals surface area contributed by atoms with E-state index in [1.54, 1.807) is 0 Å². The van der Waals surface area contributed by atoms with Gasteiger partial charge in [-0.1, -0.05) is 0 Å². The van der Waals surface area contributed by atoms with E-state index in [0.717, 1.165) is 0 Å². The Morgan fingerprint density at radius 3 is 2.36 bits per heavy atom. The maximum Gasteiger partial charge on any atom is 0.329 e. The first-order chi connectivity index (χ1) is 5.09. The van der Waals surface area contributed by atoms with Crippen LogP contribution in [0.25, 0.3) is 0 Å². The molecule has 0 rings (SSSR count). The molecular formula is C6H8Cl2O3. The summed E-state index contributed by atoms with van der Waals surface area (Å²) in [7, 11) is 0. The highest BCUT2D eigenvalue weighted by molar-refractivity contribution is 6.40. The number of halogens is 2. The molecule has 0 amide bonds. The Kier molecular flexibility index (Phi) is 5.24. The van der Waals surface area contributed by atoms with Crippen LogP contribution in [0.3, 0.4) is 0 Å². The van der Waals surface area contributed by atoms with Crippen LogP contribution in [0.15, 0.2) is 0 Å². The molecule has 0 aromatic heterocycles. The van der Waals surface area contributed by atoms with Crippen molar-refractivity contribution in [3.05, 3.63) is 0 Å². The van der Waals surface area contributed by atoms with E-state index in [1.165, 1.54) is 0 Å². The van der Waals surface area contributed by atoms with E-state index in [1.807, 2.05) is 0 Å². The Labute approximate surface area is 74.3 Å². The van der Waals surface area contributed by atoms with Crippen molar-refractivity contribution < 1.29 is 14.7 Å². The number of Topliss-reactive ketones (excluding diaryl/α,β-unsaturated/α-hetero) is 1. The van der Waals surface area contributed by atoms with Gasteiger partial charge in [0.2, 0.25) is 0 Å². The summed E-state index contributed by atoms with van der Waals surface area (Å²) >= 11 is 10.5. The van der Waals surface area contributed by atoms with Crippen LogP contribution in [0, 0.1) is 0 Å². The Morgan fingerprint density at radius 1 is 1.45 bits per heavy atom. The van der Waals surface area contributed by atoms with Gasteiger partial charge in [-0.25, -0.2) is 0 Å². The summed E-state index contributed by atoms with van der Waals surface area (Å²) in [6.45, 7) is 0. The topological polar surface area (TPSA) is 54.4 Å². The molecule has 64 valence electrons. The lowest BCUT2D eigenvalue weighted by Crippen LogP contribution is -2.23. The molecule has 0 bridgehead atoms. The van der Waals surface area contributed by atoms with Gasteiger partial charge < -0.3 is 5.11 Å². The molecule has 0 fully saturated rings. The fourth-order valence-electron chi connectivity index (χ4n) is 0.505. The second-order valence-electron chi connectivity index (χ2n) is 1.96. The minimum Gasteiger partial charge on any atom is -0.480 e. The van der Waals surface area contributed by atoms with Crippen molar-refractivity contribution in [2.24, 2.45) is 0 Å². The maximum absolute atomic E-state index is 10.8. The number of carbonyl (C=O) groups excluding carboxylic acids is 1. The van der Waals surface area contributed by atoms with Crippen LogP contribution in [0.5, 0.6) is 0 Å². The first-order valence-electron chi connectivity index (χ1n) is 3.05. The van der Waals surface area contributed by atoms with Crippen molar-refractivity contribution in [2.75, 3.05) is 5.88 Å². The van der Waals surface area contributed by atoms with Crippen LogP contribution in [-0.4, -0.2) is 28.1 Å². The van der Waals surface area contributed by atoms with E-state index in [2.05, 4.69) is 0 Å². The molecule has 0 saturated carbocycles. The van der Waals surface area contributed by atoms with Crippen LogP contribution in [0.2, 0.25) is 0 Å². The molecule has 3 nitrogen and oxygen atoms in total. The van der Waals surface area contributed by atoms with Crippen molar-refractivity contribution >= 4 is 35.0 Å². The predicted molar refractivity (Wildman–Crippen MR) is 42.2 cm³/mol. The number of alkyl halides is 2. The van der Waals surface area contributed by atoms with Gasteiger partial charge in [-0.2, -0.15) is 0 Å². The molecule has 0 aliphatic rings. The molecule has 0 heterocycles. The normalized spacial score (nSPS) is 12.5. The molecule has 1 unspecified atom stereocenters. The highest BCUT2D eigenvalue weighted by atomic mass is 35.5. The van der Waals surface area contributed by atoms with Crippen molar-refractivity contribution in [3.63, 3.8) is 0 Å². The van der Waals surface area contributed by atoms with Crippen LogP contribution in [0.1, 0.15) is 12.8 Å². The molecular weight excluding hydrogens is 191 g/mol. The Hall–Kier alpha value is -0.280. The second kappa shape index (κ2) is 5.38. The standard InChI is InChI=1S/C6H8Cl2O3/c7-3-1-2-4(9)5(8)6(10)11/h5H,1-3H2,(H,10,11). The number of ketones is 1. The molecule has 0 aliphatic heterocycles. The van der Waals surface area contributed by atoms with Crippen molar-refractivity contribution in [1.82, 2.24) is 0 Å². The Morgan fingerprint density at radius 2 is 2.00 bits per heavy atom. The number of hydrogen-bond acceptors (Lipinski definition) is 2. The van der Waals surface area contributed by atoms with Crippen LogP contribution < -0.4 is 0 Å². The lowest BCUT2D eigenvalue weighted by atomic mass is 10.2. The number of hydrogen-bond donors (Lipinski definition) is 1. The van der Waals surface area contributed by atoms with Gasteiger partial charge in [0.15, 0.2) is 11.2 Å². The lowest BCUT2D eigenvalue weighted by Gasteiger charge is -2.00. The van der Waals surface area contributed by atoms with Gasteiger partial charge in [0.1, 0.15) is 0 Å². The fourth-order valence-corrected chi connectivity index (χ4v) is 0.748. The van der Waals surface area contributed by atoms with E-state index >= 15 is 0 Å². The van der Waals surface area contributed by atoms with Gasteiger partial charge in [0.25, 0.3) is 0 Å². The number of carbonyl (C=O) groups is 2. The molecule has 0 aromatic rings. The third-order valence-electron chi connectivity index (χ3n) is 1.06. The number of aliphatic carboxylic acids is 1. The first kappa shape index (κ1) is 10.7. The largest absolute Gasteiger partial charge is 0.480 e. The van der Waals surface area contributed by atoms with Gasteiger partial charge in [-0.05, 0) is 6.42 Å². The summed E-state index contributed by atoms with van der Waals surface area (Å²) in [5.74, 6) is -1.44. The van der Waals surface area contributed by atoms with E-state index in [9.17, 15) is 9.59 Å². The summed E-state index contributed by atoms with van der Waals surface area (Å²) in [6.07, 6.45) is 0.598. The molecule has 5 heteroatoms. The summed E-state index contributed by atoms with van der Waals surface area (Å²) in [5.41, 5.74) is 0. The molecule has 11 heavy (non-hydrogen) atoms. The number of carboxylic acid groups (broad SMARTS) is 1. The van der Waals surface area contributed by atoms with E-state index in [-0.39, 0.29) is 6.42 Å². The monoisotopic (exact) mass is 198 g/mol. The number of carboxylic acids is 1. The quantitative estimate of drug-likeness (QED) is 0.535. The zero-order valence-electron chi connectivity index (χ0n) is 5.72. The van der Waals surface area contributed by atoms with Gasteiger partial charge >= 0.3 is 5.97 Å². The SMILES string of the molecule is O=C(O)C(Cl)C(=O)CCCCl. The Balaban J connectivity index is 3.74. The van der Waals surface area contributed by atoms with Crippen molar-refractivity contribution in [1.29, 1.82) is 0 Å². The zero-order valence-corrected chi connectivity index (χ0v) is 7.23. The van der Waals surface area contributed by atoms with E-state index < -0.39 is 17.1 Å². The average Bonchev–Trinajstić information content (AvgIpc) is 1.98. The molecule has 0 radical (unpaired) electrons. The van der Waals surface area contributed by atoms with Crippen molar-refractivity contribution in [3.8, 4) is 0 Å². The first-order valence-corrected chi connectivity index (χ1v) is 4.02. The third kappa shape index (κ3) is 4.22. The smallest absolute Gasteiger partial charge is 0.329 e. The minimum absolute atomic E-state index is 0.129. The maximum atomic E-state index is 10.8. The van der Waals surface area contributed by atoms with Gasteiger partial charge in [-0.3, -0.25) is 9.59 Å².